The summed E-state index contributed by atoms with van der Waals surface area (Å²) < 4.78 is 29.1. The van der Waals surface area contributed by atoms with Crippen LogP contribution in [0, 0.1) is 13.8 Å². The predicted molar refractivity (Wildman–Crippen MR) is 126 cm³/mol. The maximum atomic E-state index is 12.9. The minimum absolute atomic E-state index is 0.223. The fourth-order valence-electron chi connectivity index (χ4n) is 3.86. The minimum Gasteiger partial charge on any atom is -0.322 e. The lowest BCUT2D eigenvalue weighted by molar-refractivity contribution is 0.102. The normalized spacial score (nSPS) is 15.5. The Morgan fingerprint density at radius 1 is 1.03 bits per heavy atom. The number of carbonyl (C=O) groups is 1. The van der Waals surface area contributed by atoms with E-state index in [0.29, 0.717) is 30.2 Å². The summed E-state index contributed by atoms with van der Waals surface area (Å²) in [6.45, 7) is 9.27. The first kappa shape index (κ1) is 23.1. The van der Waals surface area contributed by atoms with Crippen LogP contribution in [0.4, 0.5) is 5.69 Å². The van der Waals surface area contributed by atoms with Gasteiger partial charge in [-0.05, 0) is 62.9 Å². The largest absolute Gasteiger partial charge is 0.322 e. The Morgan fingerprint density at radius 3 is 2.27 bits per heavy atom. The number of hydrogen-bond acceptors (Lipinski definition) is 6. The van der Waals surface area contributed by atoms with Gasteiger partial charge in [-0.3, -0.25) is 4.79 Å². The van der Waals surface area contributed by atoms with Crippen molar-refractivity contribution in [3.05, 3.63) is 65.6 Å². The van der Waals surface area contributed by atoms with E-state index in [2.05, 4.69) is 27.2 Å². The first-order valence-electron chi connectivity index (χ1n) is 10.9. The summed E-state index contributed by atoms with van der Waals surface area (Å²) in [5.41, 5.74) is 2.76. The third-order valence-electron chi connectivity index (χ3n) is 5.77. The van der Waals surface area contributed by atoms with Gasteiger partial charge in [-0.1, -0.05) is 6.92 Å². The topological polar surface area (TPSA) is 100 Å². The van der Waals surface area contributed by atoms with Crippen LogP contribution in [0.2, 0.25) is 0 Å². The van der Waals surface area contributed by atoms with Crippen molar-refractivity contribution in [2.24, 2.45) is 0 Å². The molecular weight excluding hydrogens is 440 g/mol. The number of sulfonamides is 1. The molecule has 1 fully saturated rings. The summed E-state index contributed by atoms with van der Waals surface area (Å²) in [5, 5.41) is 7.18. The molecule has 0 unspecified atom stereocenters. The summed E-state index contributed by atoms with van der Waals surface area (Å²) >= 11 is 0. The average molecular weight is 469 g/mol. The van der Waals surface area contributed by atoms with E-state index < -0.39 is 10.0 Å². The fraction of sp³-hybridized carbons (Fsp3) is 0.348. The smallest absolute Gasteiger partial charge is 0.257 e. The first-order chi connectivity index (χ1) is 15.8. The minimum atomic E-state index is -3.55. The molecule has 9 nitrogen and oxygen atoms in total. The van der Waals surface area contributed by atoms with E-state index in [1.807, 2.05) is 19.9 Å². The van der Waals surface area contributed by atoms with Crippen LogP contribution < -0.4 is 5.32 Å². The summed E-state index contributed by atoms with van der Waals surface area (Å²) in [4.78, 5) is 19.4. The van der Waals surface area contributed by atoms with Crippen molar-refractivity contribution in [2.45, 2.75) is 25.7 Å². The highest BCUT2D eigenvalue weighted by Gasteiger charge is 2.27. The molecular formula is C23H28N6O3S. The number of aryl methyl sites for hydroxylation is 2. The van der Waals surface area contributed by atoms with Gasteiger partial charge in [0.1, 0.15) is 0 Å². The van der Waals surface area contributed by atoms with Crippen LogP contribution in [-0.2, 0) is 10.0 Å². The maximum absolute atomic E-state index is 12.9. The SMILES string of the molecule is CCN1CCN(S(=O)(=O)c2ccc(NC(=O)c3ccc(-n4nc(C)cc4C)nc3)cc2)CC1. The van der Waals surface area contributed by atoms with Crippen molar-refractivity contribution in [1.82, 2.24) is 24.0 Å². The monoisotopic (exact) mass is 468 g/mol. The molecule has 10 heteroatoms. The van der Waals surface area contributed by atoms with Gasteiger partial charge in [-0.2, -0.15) is 9.40 Å². The van der Waals surface area contributed by atoms with Gasteiger partial charge in [-0.15, -0.1) is 0 Å². The highest BCUT2D eigenvalue weighted by Crippen LogP contribution is 2.20. The summed E-state index contributed by atoms with van der Waals surface area (Å²) in [5.74, 6) is 0.306. The van der Waals surface area contributed by atoms with Crippen LogP contribution >= 0.6 is 0 Å². The zero-order chi connectivity index (χ0) is 23.6. The van der Waals surface area contributed by atoms with Gasteiger partial charge in [-0.25, -0.2) is 18.1 Å². The Labute approximate surface area is 194 Å². The van der Waals surface area contributed by atoms with E-state index >= 15 is 0 Å². The molecule has 1 aliphatic heterocycles. The number of rotatable bonds is 6. The number of hydrogen-bond donors (Lipinski definition) is 1. The molecule has 3 aromatic rings. The zero-order valence-corrected chi connectivity index (χ0v) is 19.8. The van der Waals surface area contributed by atoms with Gasteiger partial charge >= 0.3 is 0 Å². The number of nitrogens with zero attached hydrogens (tertiary/aromatic N) is 5. The lowest BCUT2D eigenvalue weighted by Crippen LogP contribution is -2.48. The molecule has 1 N–H and O–H groups in total. The number of amides is 1. The lowest BCUT2D eigenvalue weighted by atomic mass is 10.2. The molecule has 0 spiro atoms. The molecule has 0 saturated carbocycles. The van der Waals surface area contributed by atoms with E-state index in [0.717, 1.165) is 31.0 Å². The number of nitrogens with one attached hydrogen (secondary N) is 1. The van der Waals surface area contributed by atoms with E-state index in [-0.39, 0.29) is 10.8 Å². The van der Waals surface area contributed by atoms with Crippen LogP contribution in [-0.4, -0.2) is 71.0 Å². The number of likely N-dealkylation sites (N-methyl/N-ethyl adjacent to an activating group) is 1. The quantitative estimate of drug-likeness (QED) is 0.597. The first-order valence-corrected chi connectivity index (χ1v) is 12.4. The molecule has 1 aromatic carbocycles. The predicted octanol–water partition coefficient (Wildman–Crippen LogP) is 2.46. The highest BCUT2D eigenvalue weighted by molar-refractivity contribution is 7.89. The lowest BCUT2D eigenvalue weighted by Gasteiger charge is -2.33. The average Bonchev–Trinajstić information content (AvgIpc) is 3.17. The number of pyridine rings is 1. The van der Waals surface area contributed by atoms with E-state index in [1.165, 1.54) is 22.6 Å². The molecule has 0 radical (unpaired) electrons. The number of benzene rings is 1. The van der Waals surface area contributed by atoms with Gasteiger partial charge in [0.25, 0.3) is 5.91 Å². The van der Waals surface area contributed by atoms with Crippen LogP contribution in [0.5, 0.6) is 0 Å². The number of piperazine rings is 1. The molecule has 1 amide bonds. The Balaban J connectivity index is 1.41. The Morgan fingerprint density at radius 2 is 1.73 bits per heavy atom. The van der Waals surface area contributed by atoms with Crippen LogP contribution in [0.15, 0.2) is 53.6 Å². The zero-order valence-electron chi connectivity index (χ0n) is 19.0. The molecule has 0 bridgehead atoms. The fourth-order valence-corrected chi connectivity index (χ4v) is 5.28. The second-order valence-electron chi connectivity index (χ2n) is 8.06. The van der Waals surface area contributed by atoms with Gasteiger partial charge in [0.05, 0.1) is 16.2 Å². The molecule has 1 aliphatic rings. The van der Waals surface area contributed by atoms with Crippen molar-refractivity contribution < 1.29 is 13.2 Å². The van der Waals surface area contributed by atoms with Crippen molar-refractivity contribution in [2.75, 3.05) is 38.0 Å². The van der Waals surface area contributed by atoms with E-state index in [4.69, 9.17) is 0 Å². The highest BCUT2D eigenvalue weighted by atomic mass is 32.2. The Kier molecular flexibility index (Phi) is 6.59. The van der Waals surface area contributed by atoms with E-state index in [9.17, 15) is 13.2 Å². The molecule has 0 aliphatic carbocycles. The third-order valence-corrected chi connectivity index (χ3v) is 7.68. The van der Waals surface area contributed by atoms with E-state index in [1.54, 1.807) is 28.9 Å². The standard InChI is InChI=1S/C23H28N6O3S/c1-4-27-11-13-28(14-12-27)33(31,32)21-8-6-20(7-9-21)25-23(30)19-5-10-22(24-16-19)29-18(3)15-17(2)26-29/h5-10,15-16H,4,11-14H2,1-3H3,(H,25,30). The molecule has 1 saturated heterocycles. The van der Waals surface area contributed by atoms with Crippen molar-refractivity contribution >= 4 is 21.6 Å². The van der Waals surface area contributed by atoms with Gasteiger partial charge in [0, 0.05) is 43.8 Å². The molecule has 2 aromatic heterocycles. The Bertz CT molecular complexity index is 1230. The van der Waals surface area contributed by atoms with Crippen LogP contribution in [0.3, 0.4) is 0 Å². The van der Waals surface area contributed by atoms with Crippen LogP contribution in [0.1, 0.15) is 28.7 Å². The maximum Gasteiger partial charge on any atom is 0.257 e. The van der Waals surface area contributed by atoms with Crippen molar-refractivity contribution in [1.29, 1.82) is 0 Å². The summed E-state index contributed by atoms with van der Waals surface area (Å²) in [6.07, 6.45) is 1.50. The molecule has 174 valence electrons. The summed E-state index contributed by atoms with van der Waals surface area (Å²) in [7, 11) is -3.55. The van der Waals surface area contributed by atoms with Gasteiger partial charge in [0.15, 0.2) is 5.82 Å². The van der Waals surface area contributed by atoms with Gasteiger partial charge < -0.3 is 10.2 Å². The number of carbonyl (C=O) groups excluding carboxylic acids is 1. The van der Waals surface area contributed by atoms with Gasteiger partial charge in [0.2, 0.25) is 10.0 Å². The van der Waals surface area contributed by atoms with Crippen LogP contribution in [0.25, 0.3) is 5.82 Å². The van der Waals surface area contributed by atoms with Crippen molar-refractivity contribution in [3.8, 4) is 5.82 Å². The molecule has 33 heavy (non-hydrogen) atoms. The molecule has 4 rings (SSSR count). The molecule has 3 heterocycles. The summed E-state index contributed by atoms with van der Waals surface area (Å²) in [6, 6.07) is 11.6. The number of aromatic nitrogens is 3. The second-order valence-corrected chi connectivity index (χ2v) is 10.00. The second kappa shape index (κ2) is 9.42. The third kappa shape index (κ3) is 4.97. The number of anilines is 1. The Hall–Kier alpha value is -3.08. The molecule has 0 atom stereocenters. The van der Waals surface area contributed by atoms with Crippen molar-refractivity contribution in [3.63, 3.8) is 0 Å².